The minimum absolute atomic E-state index is 0.0586. The summed E-state index contributed by atoms with van der Waals surface area (Å²) in [6, 6.07) is 0. The second kappa shape index (κ2) is 10.8. The predicted molar refractivity (Wildman–Crippen MR) is 119 cm³/mol. The van der Waals surface area contributed by atoms with Crippen LogP contribution in [0.2, 0.25) is 0 Å². The van der Waals surface area contributed by atoms with Crippen LogP contribution in [0.15, 0.2) is 0 Å². The Kier molecular flexibility index (Phi) is 9.18. The molecule has 0 aromatic carbocycles. The van der Waals surface area contributed by atoms with E-state index in [1.165, 1.54) is 0 Å². The van der Waals surface area contributed by atoms with Crippen LogP contribution >= 0.6 is 7.37 Å². The Balaban J connectivity index is 2.10. The van der Waals surface area contributed by atoms with E-state index in [0.29, 0.717) is 24.7 Å². The molecule has 0 bridgehead atoms. The van der Waals surface area contributed by atoms with Crippen LogP contribution in [-0.2, 0) is 18.9 Å². The highest BCUT2D eigenvalue weighted by molar-refractivity contribution is 7.58. The normalized spacial score (nSPS) is 31.9. The number of carboxylic acid groups (broad SMARTS) is 1. The van der Waals surface area contributed by atoms with Gasteiger partial charge in [0.15, 0.2) is 0 Å². The van der Waals surface area contributed by atoms with E-state index >= 15 is 0 Å². The first-order chi connectivity index (χ1) is 14.4. The van der Waals surface area contributed by atoms with Crippen molar-refractivity contribution in [2.45, 2.75) is 91.3 Å². The molecule has 2 aliphatic carbocycles. The number of aliphatic hydroxyl groups excluding tert-OH is 1. The van der Waals surface area contributed by atoms with E-state index in [1.807, 2.05) is 20.8 Å². The fourth-order valence-electron chi connectivity index (χ4n) is 5.40. The number of hydrogen-bond donors (Lipinski definition) is 3. The highest BCUT2D eigenvalue weighted by atomic mass is 31.2. The molecule has 2 fully saturated rings. The molecular formula is C23H41O7P. The minimum atomic E-state index is -3.65. The van der Waals surface area contributed by atoms with Crippen LogP contribution in [0.1, 0.15) is 79.1 Å². The van der Waals surface area contributed by atoms with Crippen molar-refractivity contribution in [1.29, 1.82) is 0 Å². The molecule has 0 saturated heterocycles. The van der Waals surface area contributed by atoms with Gasteiger partial charge in [-0.3, -0.25) is 14.2 Å². The number of ether oxygens (including phenoxy) is 1. The molecule has 7 atom stereocenters. The average Bonchev–Trinajstić information content (AvgIpc) is 2.66. The number of rotatable bonds is 10. The van der Waals surface area contributed by atoms with Crippen LogP contribution in [0, 0.1) is 29.1 Å². The molecule has 2 saturated carbocycles. The van der Waals surface area contributed by atoms with Crippen LogP contribution in [0.25, 0.3) is 0 Å². The Morgan fingerprint density at radius 2 is 1.87 bits per heavy atom. The number of esters is 1. The molecule has 0 radical (unpaired) electrons. The number of carbonyl (C=O) groups is 2. The van der Waals surface area contributed by atoms with Crippen LogP contribution in [0.4, 0.5) is 0 Å². The quantitative estimate of drug-likeness (QED) is 0.328. The van der Waals surface area contributed by atoms with E-state index in [4.69, 9.17) is 9.84 Å². The van der Waals surface area contributed by atoms with Crippen molar-refractivity contribution < 1.29 is 34.0 Å². The summed E-state index contributed by atoms with van der Waals surface area (Å²) in [7, 11) is -3.65. The van der Waals surface area contributed by atoms with Gasteiger partial charge in [0.2, 0.25) is 7.37 Å². The second-order valence-corrected chi connectivity index (χ2v) is 13.0. The maximum absolute atomic E-state index is 12.8. The highest BCUT2D eigenvalue weighted by Gasteiger charge is 2.46. The van der Waals surface area contributed by atoms with Crippen LogP contribution in [-0.4, -0.2) is 51.6 Å². The maximum atomic E-state index is 12.8. The number of aliphatic hydroxyl groups is 1. The van der Waals surface area contributed by atoms with Gasteiger partial charge in [0.1, 0.15) is 6.10 Å². The number of hydrogen-bond acceptors (Lipinski definition) is 5. The highest BCUT2D eigenvalue weighted by Crippen LogP contribution is 2.51. The summed E-state index contributed by atoms with van der Waals surface area (Å²) < 4.78 is 18.7. The first kappa shape index (κ1) is 26.3. The first-order valence-corrected chi connectivity index (χ1v) is 13.8. The Hall–Kier alpha value is -0.910. The molecule has 0 spiro atoms. The Bertz CT molecular complexity index is 677. The maximum Gasteiger partial charge on any atom is 0.311 e. The molecule has 0 aliphatic heterocycles. The van der Waals surface area contributed by atoms with Gasteiger partial charge in [-0.1, -0.05) is 20.3 Å². The van der Waals surface area contributed by atoms with E-state index < -0.39 is 37.4 Å². The standard InChI is InChI=1S/C23H41O7P/c1-5-23(3,4)22(27)30-19-8-6-7-16-10-9-15(2)18(21(16)19)11-12-31(28,29)14-17(24)13-20(25)26/h15-19,21,24H,5-14H2,1-4H3,(H,25,26)(H,28,29)/t15-,16+,17?,18-,19-,21+/m1/s1. The molecule has 0 amide bonds. The van der Waals surface area contributed by atoms with E-state index in [9.17, 15) is 24.2 Å². The van der Waals surface area contributed by atoms with E-state index in [2.05, 4.69) is 6.92 Å². The molecular weight excluding hydrogens is 419 g/mol. The number of carboxylic acids is 1. The van der Waals surface area contributed by atoms with Crippen molar-refractivity contribution in [1.82, 2.24) is 0 Å². The Morgan fingerprint density at radius 3 is 2.48 bits per heavy atom. The zero-order chi connectivity index (χ0) is 23.4. The van der Waals surface area contributed by atoms with Gasteiger partial charge in [-0.2, -0.15) is 0 Å². The molecule has 3 N–H and O–H groups in total. The predicted octanol–water partition coefficient (Wildman–Crippen LogP) is 4.29. The fraction of sp³-hybridized carbons (Fsp3) is 0.913. The summed E-state index contributed by atoms with van der Waals surface area (Å²) in [6.45, 7) is 7.96. The average molecular weight is 461 g/mol. The van der Waals surface area contributed by atoms with Gasteiger partial charge < -0.3 is 19.8 Å². The van der Waals surface area contributed by atoms with Gasteiger partial charge in [-0.05, 0) is 70.1 Å². The third kappa shape index (κ3) is 7.30. The van der Waals surface area contributed by atoms with Gasteiger partial charge in [-0.25, -0.2) is 0 Å². The molecule has 2 rings (SSSR count). The van der Waals surface area contributed by atoms with Gasteiger partial charge >= 0.3 is 11.9 Å². The van der Waals surface area contributed by atoms with Crippen molar-refractivity contribution in [3.63, 3.8) is 0 Å². The molecule has 0 heterocycles. The lowest BCUT2D eigenvalue weighted by Gasteiger charge is -2.48. The second-order valence-electron chi connectivity index (χ2n) is 10.5. The molecule has 31 heavy (non-hydrogen) atoms. The topological polar surface area (TPSA) is 121 Å². The Labute approximate surface area is 186 Å². The molecule has 180 valence electrons. The van der Waals surface area contributed by atoms with Crippen LogP contribution in [0.3, 0.4) is 0 Å². The van der Waals surface area contributed by atoms with E-state index in [-0.39, 0.29) is 30.1 Å². The molecule has 2 aliphatic rings. The molecule has 7 nitrogen and oxygen atoms in total. The van der Waals surface area contributed by atoms with Crippen molar-refractivity contribution in [3.05, 3.63) is 0 Å². The number of fused-ring (bicyclic) bond motifs is 1. The van der Waals surface area contributed by atoms with Crippen molar-refractivity contribution in [2.75, 3.05) is 12.3 Å². The lowest BCUT2D eigenvalue weighted by atomic mass is 9.60. The summed E-state index contributed by atoms with van der Waals surface area (Å²) in [5, 5.41) is 18.6. The van der Waals surface area contributed by atoms with Crippen molar-refractivity contribution >= 4 is 19.3 Å². The third-order valence-electron chi connectivity index (χ3n) is 7.67. The van der Waals surface area contributed by atoms with Crippen molar-refractivity contribution in [3.8, 4) is 0 Å². The first-order valence-electron chi connectivity index (χ1n) is 11.8. The SMILES string of the molecule is CCC(C)(C)C(=O)O[C@@H]1CCC[C@H]2CC[C@@H](C)[C@@H](CCP(=O)(O)CC(O)CC(=O)O)[C@H]21. The molecule has 0 aromatic rings. The fourth-order valence-corrected chi connectivity index (χ4v) is 7.07. The molecule has 2 unspecified atom stereocenters. The van der Waals surface area contributed by atoms with Gasteiger partial charge in [0.25, 0.3) is 0 Å². The van der Waals surface area contributed by atoms with Crippen LogP contribution in [0.5, 0.6) is 0 Å². The van der Waals surface area contributed by atoms with E-state index in [0.717, 1.165) is 32.1 Å². The number of aliphatic carboxylic acids is 1. The lowest BCUT2D eigenvalue weighted by Crippen LogP contribution is -2.46. The molecule has 8 heteroatoms. The zero-order valence-corrected chi connectivity index (χ0v) is 20.4. The van der Waals surface area contributed by atoms with Crippen LogP contribution < -0.4 is 0 Å². The molecule has 0 aromatic heterocycles. The Morgan fingerprint density at radius 1 is 1.19 bits per heavy atom. The largest absolute Gasteiger partial charge is 0.481 e. The lowest BCUT2D eigenvalue weighted by molar-refractivity contribution is -0.171. The van der Waals surface area contributed by atoms with Gasteiger partial charge in [-0.15, -0.1) is 0 Å². The summed E-state index contributed by atoms with van der Waals surface area (Å²) in [5.74, 6) is -0.145. The smallest absolute Gasteiger partial charge is 0.311 e. The number of carbonyl (C=O) groups excluding carboxylic acids is 1. The third-order valence-corrected chi connectivity index (χ3v) is 9.62. The van der Waals surface area contributed by atoms with Crippen molar-refractivity contribution in [2.24, 2.45) is 29.1 Å². The zero-order valence-electron chi connectivity index (χ0n) is 19.5. The minimum Gasteiger partial charge on any atom is -0.481 e. The van der Waals surface area contributed by atoms with E-state index in [1.54, 1.807) is 0 Å². The monoisotopic (exact) mass is 460 g/mol. The summed E-state index contributed by atoms with van der Waals surface area (Å²) in [6.07, 6.45) is 4.04. The van der Waals surface area contributed by atoms with Gasteiger partial charge in [0.05, 0.1) is 24.1 Å². The summed E-state index contributed by atoms with van der Waals surface area (Å²) >= 11 is 0. The summed E-state index contributed by atoms with van der Waals surface area (Å²) in [4.78, 5) is 33.9. The summed E-state index contributed by atoms with van der Waals surface area (Å²) in [5.41, 5.74) is -0.524. The van der Waals surface area contributed by atoms with Gasteiger partial charge in [0, 0.05) is 12.1 Å².